The van der Waals surface area contributed by atoms with Crippen LogP contribution in [-0.4, -0.2) is 25.4 Å². The Balaban J connectivity index is 2.48. The van der Waals surface area contributed by atoms with E-state index in [4.69, 9.17) is 15.2 Å². The zero-order valence-corrected chi connectivity index (χ0v) is 9.38. The summed E-state index contributed by atoms with van der Waals surface area (Å²) in [4.78, 5) is 0. The molecule has 0 bridgehead atoms. The van der Waals surface area contributed by atoms with Gasteiger partial charge in [0.25, 0.3) is 0 Å². The third-order valence-electron chi connectivity index (χ3n) is 2.59. The molecule has 0 saturated heterocycles. The summed E-state index contributed by atoms with van der Waals surface area (Å²) in [7, 11) is 1.71. The monoisotopic (exact) mass is 199 g/mol. The van der Waals surface area contributed by atoms with Crippen LogP contribution in [0.2, 0.25) is 0 Å². The third-order valence-corrected chi connectivity index (χ3v) is 2.59. The minimum absolute atomic E-state index is 0.0368. The summed E-state index contributed by atoms with van der Waals surface area (Å²) < 4.78 is 10.8. The molecule has 0 saturated carbocycles. The normalized spacial score (nSPS) is 19.9. The fourth-order valence-electron chi connectivity index (χ4n) is 1.55. The molecule has 0 aromatic carbocycles. The van der Waals surface area contributed by atoms with Gasteiger partial charge in [0.1, 0.15) is 5.76 Å². The van der Waals surface area contributed by atoms with Crippen LogP contribution in [0.3, 0.4) is 0 Å². The van der Waals surface area contributed by atoms with Crippen LogP contribution in [0.1, 0.15) is 33.1 Å². The zero-order chi connectivity index (χ0) is 10.6. The molecule has 0 aliphatic carbocycles. The van der Waals surface area contributed by atoms with Crippen LogP contribution in [0, 0.1) is 0 Å². The maximum Gasteiger partial charge on any atom is 0.109 e. The first-order chi connectivity index (χ1) is 6.55. The predicted octanol–water partition coefficient (Wildman–Crippen LogP) is 1.82. The molecule has 0 aromatic heterocycles. The molecule has 14 heavy (non-hydrogen) atoms. The predicted molar refractivity (Wildman–Crippen MR) is 56.9 cm³/mol. The molecule has 3 heteroatoms. The van der Waals surface area contributed by atoms with Gasteiger partial charge in [0.15, 0.2) is 0 Å². The Kier molecular flexibility index (Phi) is 3.96. The van der Waals surface area contributed by atoms with E-state index in [-0.39, 0.29) is 11.6 Å². The van der Waals surface area contributed by atoms with Crippen molar-refractivity contribution in [3.05, 3.63) is 11.8 Å². The zero-order valence-electron chi connectivity index (χ0n) is 9.38. The standard InChI is InChI=1S/C11H21NO2/c1-11(2,13-3)8-9(12)10-6-4-5-7-14-10/h6,9H,4-5,7-8,12H2,1-3H3. The first-order valence-electron chi connectivity index (χ1n) is 5.19. The van der Waals surface area contributed by atoms with Crippen LogP contribution >= 0.6 is 0 Å². The molecule has 1 aliphatic heterocycles. The van der Waals surface area contributed by atoms with Crippen LogP contribution in [0.25, 0.3) is 0 Å². The van der Waals surface area contributed by atoms with Gasteiger partial charge in [-0.15, -0.1) is 0 Å². The Hall–Kier alpha value is -0.540. The molecule has 1 unspecified atom stereocenters. The lowest BCUT2D eigenvalue weighted by Crippen LogP contribution is -2.36. The molecule has 1 atom stereocenters. The highest BCUT2D eigenvalue weighted by Gasteiger charge is 2.24. The summed E-state index contributed by atoms with van der Waals surface area (Å²) in [6, 6.07) is -0.0368. The van der Waals surface area contributed by atoms with E-state index in [1.807, 2.05) is 13.8 Å². The largest absolute Gasteiger partial charge is 0.497 e. The number of hydrogen-bond acceptors (Lipinski definition) is 3. The first kappa shape index (κ1) is 11.5. The van der Waals surface area contributed by atoms with Crippen molar-refractivity contribution in [1.29, 1.82) is 0 Å². The van der Waals surface area contributed by atoms with E-state index in [2.05, 4.69) is 6.08 Å². The molecular formula is C11H21NO2. The number of nitrogens with two attached hydrogens (primary N) is 1. The van der Waals surface area contributed by atoms with Crippen LogP contribution < -0.4 is 5.73 Å². The minimum Gasteiger partial charge on any atom is -0.497 e. The Morgan fingerprint density at radius 3 is 2.86 bits per heavy atom. The number of hydrogen-bond donors (Lipinski definition) is 1. The first-order valence-corrected chi connectivity index (χ1v) is 5.19. The summed E-state index contributed by atoms with van der Waals surface area (Å²) >= 11 is 0. The second kappa shape index (κ2) is 4.80. The summed E-state index contributed by atoms with van der Waals surface area (Å²) in [6.07, 6.45) is 5.07. The van der Waals surface area contributed by atoms with Crippen molar-refractivity contribution in [2.45, 2.75) is 44.8 Å². The lowest BCUT2D eigenvalue weighted by atomic mass is 9.97. The van der Waals surface area contributed by atoms with E-state index < -0.39 is 0 Å². The van der Waals surface area contributed by atoms with Gasteiger partial charge >= 0.3 is 0 Å². The maximum absolute atomic E-state index is 6.04. The molecule has 3 nitrogen and oxygen atoms in total. The smallest absolute Gasteiger partial charge is 0.109 e. The fraction of sp³-hybridized carbons (Fsp3) is 0.818. The minimum atomic E-state index is -0.180. The molecule has 0 radical (unpaired) electrons. The maximum atomic E-state index is 6.04. The summed E-state index contributed by atoms with van der Waals surface area (Å²) in [5.41, 5.74) is 5.86. The van der Waals surface area contributed by atoms with E-state index in [9.17, 15) is 0 Å². The fourth-order valence-corrected chi connectivity index (χ4v) is 1.55. The van der Waals surface area contributed by atoms with Crippen molar-refractivity contribution in [2.75, 3.05) is 13.7 Å². The average Bonchev–Trinajstić information content (AvgIpc) is 2.19. The van der Waals surface area contributed by atoms with Crippen molar-refractivity contribution >= 4 is 0 Å². The van der Waals surface area contributed by atoms with Crippen LogP contribution in [-0.2, 0) is 9.47 Å². The number of ether oxygens (including phenoxy) is 2. The molecular weight excluding hydrogens is 178 g/mol. The van der Waals surface area contributed by atoms with Crippen LogP contribution in [0.4, 0.5) is 0 Å². The third kappa shape index (κ3) is 3.31. The van der Waals surface area contributed by atoms with Crippen molar-refractivity contribution in [3.8, 4) is 0 Å². The van der Waals surface area contributed by atoms with Crippen molar-refractivity contribution in [3.63, 3.8) is 0 Å². The Labute approximate surface area is 86.3 Å². The number of allylic oxidation sites excluding steroid dienone is 1. The highest BCUT2D eigenvalue weighted by molar-refractivity contribution is 5.05. The lowest BCUT2D eigenvalue weighted by molar-refractivity contribution is 0.00737. The quantitative estimate of drug-likeness (QED) is 0.751. The highest BCUT2D eigenvalue weighted by Crippen LogP contribution is 2.21. The second-order valence-electron chi connectivity index (χ2n) is 4.37. The second-order valence-corrected chi connectivity index (χ2v) is 4.37. The van der Waals surface area contributed by atoms with Crippen molar-refractivity contribution in [2.24, 2.45) is 5.73 Å². The summed E-state index contributed by atoms with van der Waals surface area (Å²) in [5, 5.41) is 0. The van der Waals surface area contributed by atoms with Gasteiger partial charge in [0.2, 0.25) is 0 Å². The molecule has 0 amide bonds. The van der Waals surface area contributed by atoms with Gasteiger partial charge < -0.3 is 15.2 Å². The van der Waals surface area contributed by atoms with Crippen LogP contribution in [0.5, 0.6) is 0 Å². The molecule has 1 heterocycles. The van der Waals surface area contributed by atoms with Gasteiger partial charge in [-0.2, -0.15) is 0 Å². The van der Waals surface area contributed by atoms with E-state index in [0.29, 0.717) is 0 Å². The van der Waals surface area contributed by atoms with Crippen molar-refractivity contribution < 1.29 is 9.47 Å². The molecule has 82 valence electrons. The molecule has 0 fully saturated rings. The average molecular weight is 199 g/mol. The molecule has 2 N–H and O–H groups in total. The van der Waals surface area contributed by atoms with E-state index in [1.54, 1.807) is 7.11 Å². The van der Waals surface area contributed by atoms with E-state index in [0.717, 1.165) is 31.6 Å². The van der Waals surface area contributed by atoms with Gasteiger partial charge in [0.05, 0.1) is 18.2 Å². The lowest BCUT2D eigenvalue weighted by Gasteiger charge is -2.28. The Morgan fingerprint density at radius 1 is 1.64 bits per heavy atom. The molecule has 0 spiro atoms. The Bertz CT molecular complexity index is 211. The molecule has 0 aromatic rings. The topological polar surface area (TPSA) is 44.5 Å². The van der Waals surface area contributed by atoms with Gasteiger partial charge in [-0.3, -0.25) is 0 Å². The molecule has 1 aliphatic rings. The van der Waals surface area contributed by atoms with Crippen molar-refractivity contribution in [1.82, 2.24) is 0 Å². The van der Waals surface area contributed by atoms with Gasteiger partial charge in [-0.1, -0.05) is 0 Å². The summed E-state index contributed by atoms with van der Waals surface area (Å²) in [6.45, 7) is 4.87. The SMILES string of the molecule is COC(C)(C)CC(N)C1=CCCCO1. The number of rotatable bonds is 4. The highest BCUT2D eigenvalue weighted by atomic mass is 16.5. The Morgan fingerprint density at radius 2 is 2.36 bits per heavy atom. The van der Waals surface area contributed by atoms with E-state index in [1.165, 1.54) is 0 Å². The van der Waals surface area contributed by atoms with Gasteiger partial charge in [-0.25, -0.2) is 0 Å². The summed E-state index contributed by atoms with van der Waals surface area (Å²) in [5.74, 6) is 0.932. The molecule has 1 rings (SSSR count). The van der Waals surface area contributed by atoms with Gasteiger partial charge in [0, 0.05) is 7.11 Å². The van der Waals surface area contributed by atoms with Crippen LogP contribution in [0.15, 0.2) is 11.8 Å². The number of methoxy groups -OCH3 is 1. The van der Waals surface area contributed by atoms with E-state index >= 15 is 0 Å². The van der Waals surface area contributed by atoms with Gasteiger partial charge in [-0.05, 0) is 39.2 Å².